The van der Waals surface area contributed by atoms with Crippen LogP contribution in [0, 0.1) is 13.8 Å². The molecule has 4 nitrogen and oxygen atoms in total. The van der Waals surface area contributed by atoms with Crippen molar-refractivity contribution in [2.75, 3.05) is 17.7 Å². The average Bonchev–Trinajstić information content (AvgIpc) is 2.08. The molecular formula is C11H15NO3S. The third kappa shape index (κ3) is 3.06. The number of nitrogen functional groups attached to an aromatic ring is 1. The summed E-state index contributed by atoms with van der Waals surface area (Å²) in [4.78, 5) is 11.7. The molecular weight excluding hydrogens is 226 g/mol. The predicted octanol–water partition coefficient (Wildman–Crippen LogP) is 1.11. The van der Waals surface area contributed by atoms with Crippen LogP contribution in [0.1, 0.15) is 21.5 Å². The molecule has 0 fully saturated rings. The molecule has 5 heteroatoms. The van der Waals surface area contributed by atoms with Crippen molar-refractivity contribution in [3.63, 3.8) is 0 Å². The number of nitrogens with two attached hydrogens (primary N) is 1. The third-order valence-corrected chi connectivity index (χ3v) is 3.01. The number of Topliss-reactive ketones (excluding diaryl/α,β-unsaturated/α-hetero) is 1. The van der Waals surface area contributed by atoms with Crippen LogP contribution in [0.5, 0.6) is 0 Å². The van der Waals surface area contributed by atoms with Gasteiger partial charge in [0.05, 0.1) is 0 Å². The van der Waals surface area contributed by atoms with Crippen molar-refractivity contribution in [2.24, 2.45) is 0 Å². The second-order valence-corrected chi connectivity index (χ2v) is 6.18. The molecule has 0 saturated heterocycles. The van der Waals surface area contributed by atoms with Gasteiger partial charge in [-0.25, -0.2) is 8.42 Å². The van der Waals surface area contributed by atoms with Crippen LogP contribution in [0.2, 0.25) is 0 Å². The molecule has 0 aliphatic rings. The van der Waals surface area contributed by atoms with Crippen molar-refractivity contribution in [3.8, 4) is 0 Å². The Labute approximate surface area is 95.4 Å². The highest BCUT2D eigenvalue weighted by atomic mass is 32.2. The van der Waals surface area contributed by atoms with Crippen LogP contribution in [-0.2, 0) is 9.84 Å². The van der Waals surface area contributed by atoms with E-state index >= 15 is 0 Å². The van der Waals surface area contributed by atoms with Gasteiger partial charge in [0, 0.05) is 17.5 Å². The zero-order chi connectivity index (χ0) is 12.5. The maximum Gasteiger partial charge on any atom is 0.179 e. The number of carbonyl (C=O) groups excluding carboxylic acids is 1. The molecule has 16 heavy (non-hydrogen) atoms. The monoisotopic (exact) mass is 241 g/mol. The van der Waals surface area contributed by atoms with Crippen molar-refractivity contribution in [1.82, 2.24) is 0 Å². The van der Waals surface area contributed by atoms with E-state index in [1.807, 2.05) is 13.0 Å². The lowest BCUT2D eigenvalue weighted by atomic mass is 10.0. The van der Waals surface area contributed by atoms with Gasteiger partial charge in [-0.1, -0.05) is 6.07 Å². The Morgan fingerprint density at radius 3 is 2.38 bits per heavy atom. The molecule has 1 aromatic carbocycles. The highest BCUT2D eigenvalue weighted by Gasteiger charge is 2.16. The summed E-state index contributed by atoms with van der Waals surface area (Å²) < 4.78 is 22.1. The Hall–Kier alpha value is -1.36. The van der Waals surface area contributed by atoms with Crippen LogP contribution < -0.4 is 5.73 Å². The minimum Gasteiger partial charge on any atom is -0.398 e. The molecule has 0 atom stereocenters. The van der Waals surface area contributed by atoms with E-state index in [-0.39, 0.29) is 0 Å². The molecule has 0 unspecified atom stereocenters. The number of sulfone groups is 1. The zero-order valence-electron chi connectivity index (χ0n) is 9.57. The van der Waals surface area contributed by atoms with E-state index in [0.29, 0.717) is 11.3 Å². The number of carbonyl (C=O) groups is 1. The van der Waals surface area contributed by atoms with E-state index in [0.717, 1.165) is 17.4 Å². The van der Waals surface area contributed by atoms with E-state index < -0.39 is 21.4 Å². The molecule has 88 valence electrons. The Balaban J connectivity index is 3.19. The van der Waals surface area contributed by atoms with E-state index in [1.54, 1.807) is 13.0 Å². The number of hydrogen-bond acceptors (Lipinski definition) is 4. The van der Waals surface area contributed by atoms with Gasteiger partial charge in [-0.2, -0.15) is 0 Å². The third-order valence-electron chi connectivity index (χ3n) is 2.22. The van der Waals surface area contributed by atoms with Gasteiger partial charge in [-0.15, -0.1) is 0 Å². The summed E-state index contributed by atoms with van der Waals surface area (Å²) in [5, 5.41) is 0. The molecule has 0 radical (unpaired) electrons. The topological polar surface area (TPSA) is 77.2 Å². The van der Waals surface area contributed by atoms with Crippen LogP contribution in [0.3, 0.4) is 0 Å². The van der Waals surface area contributed by atoms with E-state index in [1.165, 1.54) is 0 Å². The van der Waals surface area contributed by atoms with Crippen molar-refractivity contribution < 1.29 is 13.2 Å². The Morgan fingerprint density at radius 2 is 1.88 bits per heavy atom. The molecule has 0 spiro atoms. The normalized spacial score (nSPS) is 11.4. The number of rotatable bonds is 3. The molecule has 0 bridgehead atoms. The molecule has 0 saturated carbocycles. The smallest absolute Gasteiger partial charge is 0.179 e. The Kier molecular flexibility index (Phi) is 3.38. The highest BCUT2D eigenvalue weighted by molar-refractivity contribution is 7.91. The fourth-order valence-electron chi connectivity index (χ4n) is 1.53. The van der Waals surface area contributed by atoms with Crippen molar-refractivity contribution in [2.45, 2.75) is 13.8 Å². The maximum absolute atomic E-state index is 11.7. The standard InChI is InChI=1S/C11H15NO3S/c1-7-4-8(2)11(12)9(5-7)10(13)6-16(3,14)15/h4-5H,6,12H2,1-3H3. The number of anilines is 1. The van der Waals surface area contributed by atoms with Crippen LogP contribution in [0.25, 0.3) is 0 Å². The first-order valence-electron chi connectivity index (χ1n) is 4.78. The summed E-state index contributed by atoms with van der Waals surface area (Å²) in [7, 11) is -3.32. The highest BCUT2D eigenvalue weighted by Crippen LogP contribution is 2.20. The number of ketones is 1. The fourth-order valence-corrected chi connectivity index (χ4v) is 2.16. The van der Waals surface area contributed by atoms with Crippen LogP contribution in [0.4, 0.5) is 5.69 Å². The van der Waals surface area contributed by atoms with Gasteiger partial charge in [0.15, 0.2) is 15.6 Å². The largest absolute Gasteiger partial charge is 0.398 e. The molecule has 0 aliphatic heterocycles. The lowest BCUT2D eigenvalue weighted by Crippen LogP contribution is -2.16. The van der Waals surface area contributed by atoms with E-state index in [4.69, 9.17) is 5.73 Å². The van der Waals surface area contributed by atoms with Crippen LogP contribution in [-0.4, -0.2) is 26.2 Å². The molecule has 0 aliphatic carbocycles. The van der Waals surface area contributed by atoms with Crippen LogP contribution >= 0.6 is 0 Å². The molecule has 0 heterocycles. The van der Waals surface area contributed by atoms with Gasteiger partial charge in [-0.05, 0) is 31.0 Å². The maximum atomic E-state index is 11.7. The Bertz CT molecular complexity index is 532. The van der Waals surface area contributed by atoms with Crippen molar-refractivity contribution in [1.29, 1.82) is 0 Å². The average molecular weight is 241 g/mol. The second-order valence-electron chi connectivity index (χ2n) is 4.04. The summed E-state index contributed by atoms with van der Waals surface area (Å²) in [6.45, 7) is 3.63. The molecule has 2 N–H and O–H groups in total. The predicted molar refractivity (Wildman–Crippen MR) is 64.4 cm³/mol. The minimum atomic E-state index is -3.32. The summed E-state index contributed by atoms with van der Waals surface area (Å²) in [5.41, 5.74) is 8.09. The summed E-state index contributed by atoms with van der Waals surface area (Å²) in [6.07, 6.45) is 1.03. The first-order chi connectivity index (χ1) is 7.20. The first-order valence-corrected chi connectivity index (χ1v) is 6.84. The first kappa shape index (κ1) is 12.7. The van der Waals surface area contributed by atoms with Gasteiger partial charge in [0.2, 0.25) is 0 Å². The lowest BCUT2D eigenvalue weighted by molar-refractivity contribution is 0.102. The molecule has 0 amide bonds. The van der Waals surface area contributed by atoms with Crippen LogP contribution in [0.15, 0.2) is 12.1 Å². The van der Waals surface area contributed by atoms with Crippen molar-refractivity contribution >= 4 is 21.3 Å². The SMILES string of the molecule is Cc1cc(C)c(N)c(C(=O)CS(C)(=O)=O)c1. The summed E-state index contributed by atoms with van der Waals surface area (Å²) in [6, 6.07) is 3.47. The van der Waals surface area contributed by atoms with Crippen molar-refractivity contribution in [3.05, 3.63) is 28.8 Å². The fraction of sp³-hybridized carbons (Fsp3) is 0.364. The number of benzene rings is 1. The second kappa shape index (κ2) is 4.25. The van der Waals surface area contributed by atoms with E-state index in [2.05, 4.69) is 0 Å². The quantitative estimate of drug-likeness (QED) is 0.635. The summed E-state index contributed by atoms with van der Waals surface area (Å²) >= 11 is 0. The van der Waals surface area contributed by atoms with Gasteiger partial charge in [0.1, 0.15) is 5.75 Å². The molecule has 1 aromatic rings. The minimum absolute atomic E-state index is 0.294. The zero-order valence-corrected chi connectivity index (χ0v) is 10.4. The van der Waals surface area contributed by atoms with Gasteiger partial charge in [0.25, 0.3) is 0 Å². The van der Waals surface area contributed by atoms with E-state index in [9.17, 15) is 13.2 Å². The molecule has 1 rings (SSSR count). The summed E-state index contributed by atoms with van der Waals surface area (Å²) in [5.74, 6) is -0.952. The van der Waals surface area contributed by atoms with Gasteiger partial charge >= 0.3 is 0 Å². The lowest BCUT2D eigenvalue weighted by Gasteiger charge is -2.08. The number of hydrogen-bond donors (Lipinski definition) is 1. The molecule has 0 aromatic heterocycles. The van der Waals surface area contributed by atoms with Gasteiger partial charge < -0.3 is 5.73 Å². The Morgan fingerprint density at radius 1 is 1.31 bits per heavy atom. The number of aryl methyl sites for hydroxylation is 2. The van der Waals surface area contributed by atoms with Gasteiger partial charge in [-0.3, -0.25) is 4.79 Å².